The summed E-state index contributed by atoms with van der Waals surface area (Å²) in [5.41, 5.74) is 0.170. The highest BCUT2D eigenvalue weighted by atomic mass is 19.4. The number of non-ortho nitro benzene ring substituents is 1. The minimum Gasteiger partial charge on any atom is -0.381 e. The summed E-state index contributed by atoms with van der Waals surface area (Å²) in [5.74, 6) is -1.35. The Morgan fingerprint density at radius 1 is 1.36 bits per heavy atom. The average molecular weight is 313 g/mol. The number of nitrogens with zero attached hydrogens (tertiary/aromatic N) is 2. The number of nitro benzene ring substituents is 1. The summed E-state index contributed by atoms with van der Waals surface area (Å²) in [4.78, 5) is 10.1. The second-order valence-corrected chi connectivity index (χ2v) is 5.35. The molecule has 0 aromatic heterocycles. The standard InChI is InChI=1S/C14H14F3N3O2/c15-14(16,17)10-2-1-3-11(7-10)19-13-5-4-12(20(21)22)6-9(13)8-18/h4-6,10-11,19H,1-3,7H2/t10-,11+/m0/s1. The van der Waals surface area contributed by atoms with Gasteiger partial charge in [0.05, 0.1) is 22.1 Å². The monoisotopic (exact) mass is 313 g/mol. The van der Waals surface area contributed by atoms with Gasteiger partial charge in [-0.1, -0.05) is 6.42 Å². The number of nitro groups is 1. The van der Waals surface area contributed by atoms with Crippen LogP contribution < -0.4 is 5.32 Å². The smallest absolute Gasteiger partial charge is 0.381 e. The SMILES string of the molecule is N#Cc1cc([N+](=O)[O-])ccc1N[C@@H]1CCC[C@H](C(F)(F)F)C1. The van der Waals surface area contributed by atoms with E-state index in [0.29, 0.717) is 18.5 Å². The molecule has 22 heavy (non-hydrogen) atoms. The number of benzene rings is 1. The Bertz CT molecular complexity index is 610. The number of hydrogen-bond donors (Lipinski definition) is 1. The summed E-state index contributed by atoms with van der Waals surface area (Å²) >= 11 is 0. The molecule has 0 spiro atoms. The van der Waals surface area contributed by atoms with Gasteiger partial charge in [0.2, 0.25) is 0 Å². The van der Waals surface area contributed by atoms with Gasteiger partial charge in [-0.15, -0.1) is 0 Å². The Labute approximate surface area is 124 Å². The Balaban J connectivity index is 2.13. The van der Waals surface area contributed by atoms with E-state index in [2.05, 4.69) is 5.32 Å². The van der Waals surface area contributed by atoms with Crippen molar-refractivity contribution in [2.24, 2.45) is 5.92 Å². The number of alkyl halides is 3. The maximum absolute atomic E-state index is 12.8. The quantitative estimate of drug-likeness (QED) is 0.675. The number of hydrogen-bond acceptors (Lipinski definition) is 4. The van der Waals surface area contributed by atoms with E-state index in [0.717, 1.165) is 6.07 Å². The third-order valence-electron chi connectivity index (χ3n) is 3.83. The molecule has 5 nitrogen and oxygen atoms in total. The summed E-state index contributed by atoms with van der Waals surface area (Å²) in [6, 6.07) is 5.15. The lowest BCUT2D eigenvalue weighted by Gasteiger charge is -2.31. The van der Waals surface area contributed by atoms with Gasteiger partial charge in [-0.25, -0.2) is 0 Å². The molecule has 1 aliphatic rings. The van der Waals surface area contributed by atoms with E-state index in [1.54, 1.807) is 0 Å². The van der Waals surface area contributed by atoms with Crippen LogP contribution in [0.1, 0.15) is 31.2 Å². The molecule has 2 atom stereocenters. The summed E-state index contributed by atoms with van der Waals surface area (Å²) in [6.07, 6.45) is -3.11. The predicted molar refractivity (Wildman–Crippen MR) is 73.2 cm³/mol. The van der Waals surface area contributed by atoms with Crippen molar-refractivity contribution in [2.75, 3.05) is 5.32 Å². The summed E-state index contributed by atoms with van der Waals surface area (Å²) in [7, 11) is 0. The van der Waals surface area contributed by atoms with Crippen LogP contribution >= 0.6 is 0 Å². The van der Waals surface area contributed by atoms with E-state index < -0.39 is 23.1 Å². The molecule has 0 bridgehead atoms. The second-order valence-electron chi connectivity index (χ2n) is 5.35. The number of nitrogens with one attached hydrogen (secondary N) is 1. The van der Waals surface area contributed by atoms with Crippen molar-refractivity contribution in [3.05, 3.63) is 33.9 Å². The summed E-state index contributed by atoms with van der Waals surface area (Å²) < 4.78 is 38.4. The highest BCUT2D eigenvalue weighted by Crippen LogP contribution is 2.38. The van der Waals surface area contributed by atoms with Crippen molar-refractivity contribution in [3.8, 4) is 6.07 Å². The molecule has 1 N–H and O–H groups in total. The largest absolute Gasteiger partial charge is 0.391 e. The van der Waals surface area contributed by atoms with Crippen LogP contribution in [-0.4, -0.2) is 17.1 Å². The van der Waals surface area contributed by atoms with Crippen LogP contribution in [0.5, 0.6) is 0 Å². The van der Waals surface area contributed by atoms with E-state index in [9.17, 15) is 23.3 Å². The molecule has 1 saturated carbocycles. The van der Waals surface area contributed by atoms with Crippen molar-refractivity contribution < 1.29 is 18.1 Å². The van der Waals surface area contributed by atoms with Gasteiger partial charge in [0, 0.05) is 18.2 Å². The maximum Gasteiger partial charge on any atom is 0.391 e. The first-order chi connectivity index (χ1) is 10.3. The van der Waals surface area contributed by atoms with Crippen molar-refractivity contribution in [1.29, 1.82) is 5.26 Å². The molecular weight excluding hydrogens is 299 g/mol. The Hall–Kier alpha value is -2.30. The lowest BCUT2D eigenvalue weighted by molar-refractivity contribution is -0.384. The fourth-order valence-electron chi connectivity index (χ4n) is 2.70. The van der Waals surface area contributed by atoms with E-state index in [4.69, 9.17) is 5.26 Å². The van der Waals surface area contributed by atoms with Crippen LogP contribution in [0.15, 0.2) is 18.2 Å². The zero-order valence-corrected chi connectivity index (χ0v) is 11.6. The molecule has 0 saturated heterocycles. The molecule has 1 aromatic carbocycles. The van der Waals surface area contributed by atoms with Crippen LogP contribution in [0, 0.1) is 27.4 Å². The molecule has 2 rings (SSSR count). The Morgan fingerprint density at radius 3 is 2.68 bits per heavy atom. The van der Waals surface area contributed by atoms with Crippen molar-refractivity contribution in [2.45, 2.75) is 37.9 Å². The van der Waals surface area contributed by atoms with Gasteiger partial charge in [0.25, 0.3) is 5.69 Å². The van der Waals surface area contributed by atoms with Gasteiger partial charge in [0.15, 0.2) is 0 Å². The summed E-state index contributed by atoms with van der Waals surface area (Å²) in [6.45, 7) is 0. The van der Waals surface area contributed by atoms with Gasteiger partial charge in [-0.2, -0.15) is 18.4 Å². The number of rotatable bonds is 3. The molecule has 0 radical (unpaired) electrons. The molecule has 118 valence electrons. The van der Waals surface area contributed by atoms with Gasteiger partial charge >= 0.3 is 6.18 Å². The van der Waals surface area contributed by atoms with E-state index in [1.807, 2.05) is 6.07 Å². The van der Waals surface area contributed by atoms with E-state index >= 15 is 0 Å². The minimum atomic E-state index is -4.21. The molecule has 8 heteroatoms. The Morgan fingerprint density at radius 2 is 2.09 bits per heavy atom. The molecule has 1 fully saturated rings. The Kier molecular flexibility index (Phi) is 4.54. The number of nitriles is 1. The molecule has 1 aliphatic carbocycles. The second kappa shape index (κ2) is 6.22. The van der Waals surface area contributed by atoms with Gasteiger partial charge in [-0.3, -0.25) is 10.1 Å². The van der Waals surface area contributed by atoms with Crippen LogP contribution in [0.3, 0.4) is 0 Å². The predicted octanol–water partition coefficient (Wildman–Crippen LogP) is 4.00. The zero-order chi connectivity index (χ0) is 16.3. The fourth-order valence-corrected chi connectivity index (χ4v) is 2.70. The topological polar surface area (TPSA) is 79.0 Å². The highest BCUT2D eigenvalue weighted by molar-refractivity contribution is 5.61. The first-order valence-corrected chi connectivity index (χ1v) is 6.83. The molecule has 1 aromatic rings. The van der Waals surface area contributed by atoms with Crippen LogP contribution in [0.25, 0.3) is 0 Å². The maximum atomic E-state index is 12.8. The lowest BCUT2D eigenvalue weighted by Crippen LogP contribution is -2.34. The molecule has 0 amide bonds. The first kappa shape index (κ1) is 16.1. The van der Waals surface area contributed by atoms with Crippen molar-refractivity contribution in [3.63, 3.8) is 0 Å². The molecule has 0 heterocycles. The molecule has 0 aliphatic heterocycles. The third-order valence-corrected chi connectivity index (χ3v) is 3.83. The lowest BCUT2D eigenvalue weighted by atomic mass is 9.85. The van der Waals surface area contributed by atoms with Gasteiger partial charge in [0.1, 0.15) is 6.07 Å². The van der Waals surface area contributed by atoms with Crippen molar-refractivity contribution in [1.82, 2.24) is 0 Å². The fraction of sp³-hybridized carbons (Fsp3) is 0.500. The van der Waals surface area contributed by atoms with E-state index in [1.165, 1.54) is 12.1 Å². The normalized spacial score (nSPS) is 21.9. The average Bonchev–Trinajstić information content (AvgIpc) is 2.47. The van der Waals surface area contributed by atoms with Crippen LogP contribution in [0.2, 0.25) is 0 Å². The van der Waals surface area contributed by atoms with Crippen LogP contribution in [-0.2, 0) is 0 Å². The molecular formula is C14H14F3N3O2. The van der Waals surface area contributed by atoms with E-state index in [-0.39, 0.29) is 24.1 Å². The minimum absolute atomic E-state index is 0.0502. The molecule has 0 unspecified atom stereocenters. The zero-order valence-electron chi connectivity index (χ0n) is 11.6. The summed E-state index contributed by atoms with van der Waals surface area (Å²) in [5, 5.41) is 22.6. The van der Waals surface area contributed by atoms with Crippen LogP contribution in [0.4, 0.5) is 24.5 Å². The number of anilines is 1. The van der Waals surface area contributed by atoms with Gasteiger partial charge in [-0.05, 0) is 25.3 Å². The van der Waals surface area contributed by atoms with Gasteiger partial charge < -0.3 is 5.32 Å². The third kappa shape index (κ3) is 3.67. The first-order valence-electron chi connectivity index (χ1n) is 6.83. The highest BCUT2D eigenvalue weighted by Gasteiger charge is 2.42. The van der Waals surface area contributed by atoms with Crippen molar-refractivity contribution >= 4 is 11.4 Å². The number of halogens is 3.